The molecule has 2 atom stereocenters. The van der Waals surface area contributed by atoms with Crippen LogP contribution in [0.1, 0.15) is 37.8 Å². The number of hydrogen-bond donors (Lipinski definition) is 1. The van der Waals surface area contributed by atoms with Gasteiger partial charge in [-0.25, -0.2) is 0 Å². The smallest absolute Gasteiger partial charge is 0.0237 e. The summed E-state index contributed by atoms with van der Waals surface area (Å²) in [4.78, 5) is 2.61. The van der Waals surface area contributed by atoms with E-state index < -0.39 is 0 Å². The van der Waals surface area contributed by atoms with Crippen molar-refractivity contribution in [1.82, 2.24) is 10.2 Å². The monoisotopic (exact) mass is 260 g/mol. The van der Waals surface area contributed by atoms with E-state index in [2.05, 4.69) is 55.3 Å². The molecule has 0 bridgehead atoms. The number of rotatable bonds is 5. The zero-order chi connectivity index (χ0) is 13.7. The Labute approximate surface area is 118 Å². The molecule has 2 unspecified atom stereocenters. The zero-order valence-corrected chi connectivity index (χ0v) is 12.7. The summed E-state index contributed by atoms with van der Waals surface area (Å²) in [6.45, 7) is 11.5. The fourth-order valence-electron chi connectivity index (χ4n) is 3.12. The molecule has 1 saturated heterocycles. The predicted octanol–water partition coefficient (Wildman–Crippen LogP) is 3.21. The van der Waals surface area contributed by atoms with Crippen molar-refractivity contribution in [2.75, 3.05) is 19.6 Å². The average Bonchev–Trinajstić information content (AvgIpc) is 2.38. The number of nitrogens with one attached hydrogen (secondary N) is 1. The number of benzene rings is 1. The van der Waals surface area contributed by atoms with Crippen molar-refractivity contribution < 1.29 is 0 Å². The predicted molar refractivity (Wildman–Crippen MR) is 82.3 cm³/mol. The summed E-state index contributed by atoms with van der Waals surface area (Å²) in [5.74, 6) is 0.798. The first-order valence-corrected chi connectivity index (χ1v) is 7.69. The van der Waals surface area contributed by atoms with Crippen LogP contribution in [0.15, 0.2) is 24.3 Å². The summed E-state index contributed by atoms with van der Waals surface area (Å²) in [6, 6.07) is 9.44. The van der Waals surface area contributed by atoms with Crippen LogP contribution in [0.4, 0.5) is 0 Å². The molecule has 1 aliphatic heterocycles. The summed E-state index contributed by atoms with van der Waals surface area (Å²) < 4.78 is 0. The highest BCUT2D eigenvalue weighted by Crippen LogP contribution is 2.19. The first kappa shape index (κ1) is 14.5. The molecule has 0 spiro atoms. The summed E-state index contributed by atoms with van der Waals surface area (Å²) >= 11 is 0. The van der Waals surface area contributed by atoms with Crippen molar-refractivity contribution in [2.24, 2.45) is 5.92 Å². The van der Waals surface area contributed by atoms with Gasteiger partial charge < -0.3 is 5.32 Å². The molecule has 0 saturated carbocycles. The van der Waals surface area contributed by atoms with E-state index in [1.165, 1.54) is 37.1 Å². The maximum atomic E-state index is 3.69. The van der Waals surface area contributed by atoms with E-state index in [4.69, 9.17) is 0 Å². The zero-order valence-electron chi connectivity index (χ0n) is 12.7. The quantitative estimate of drug-likeness (QED) is 0.874. The molecule has 0 amide bonds. The van der Waals surface area contributed by atoms with E-state index in [-0.39, 0.29) is 0 Å². The summed E-state index contributed by atoms with van der Waals surface area (Å²) in [6.07, 6.45) is 2.55. The standard InChI is InChI=1S/C17H28N2/c1-4-9-18-17-10-14(2)11-19(13-17)12-16-8-6-5-7-15(16)3/h5-8,14,17-18H,4,9-13H2,1-3H3. The number of piperidine rings is 1. The Kier molecular flexibility index (Phi) is 5.41. The van der Waals surface area contributed by atoms with Crippen molar-refractivity contribution in [1.29, 1.82) is 0 Å². The van der Waals surface area contributed by atoms with Gasteiger partial charge in [-0.15, -0.1) is 0 Å². The van der Waals surface area contributed by atoms with Crippen molar-refractivity contribution in [3.63, 3.8) is 0 Å². The van der Waals surface area contributed by atoms with Crippen molar-refractivity contribution in [2.45, 2.75) is 46.2 Å². The molecule has 1 aromatic rings. The molecule has 1 aromatic carbocycles. The topological polar surface area (TPSA) is 15.3 Å². The van der Waals surface area contributed by atoms with E-state index in [9.17, 15) is 0 Å². The minimum atomic E-state index is 0.674. The Hall–Kier alpha value is -0.860. The van der Waals surface area contributed by atoms with Gasteiger partial charge in [0.15, 0.2) is 0 Å². The van der Waals surface area contributed by atoms with Crippen LogP contribution >= 0.6 is 0 Å². The lowest BCUT2D eigenvalue weighted by atomic mass is 9.95. The van der Waals surface area contributed by atoms with Gasteiger partial charge >= 0.3 is 0 Å². The van der Waals surface area contributed by atoms with Crippen LogP contribution in [0.2, 0.25) is 0 Å². The summed E-state index contributed by atoms with van der Waals surface area (Å²) in [5, 5.41) is 3.69. The van der Waals surface area contributed by atoms with Crippen molar-refractivity contribution in [3.8, 4) is 0 Å². The largest absolute Gasteiger partial charge is 0.313 e. The minimum absolute atomic E-state index is 0.674. The third-order valence-corrected chi connectivity index (χ3v) is 4.07. The van der Waals surface area contributed by atoms with Gasteiger partial charge in [0.2, 0.25) is 0 Å². The van der Waals surface area contributed by atoms with Gasteiger partial charge in [-0.1, -0.05) is 38.1 Å². The van der Waals surface area contributed by atoms with Gasteiger partial charge in [-0.3, -0.25) is 4.90 Å². The van der Waals surface area contributed by atoms with Gasteiger partial charge in [0, 0.05) is 25.7 Å². The SMILES string of the molecule is CCCNC1CC(C)CN(Cc2ccccc2C)C1. The number of nitrogens with zero attached hydrogens (tertiary/aromatic N) is 1. The fourth-order valence-corrected chi connectivity index (χ4v) is 3.12. The van der Waals surface area contributed by atoms with Crippen LogP contribution in [0.3, 0.4) is 0 Å². The highest BCUT2D eigenvalue weighted by molar-refractivity contribution is 5.25. The Balaban J connectivity index is 1.94. The van der Waals surface area contributed by atoms with Crippen molar-refractivity contribution >= 4 is 0 Å². The van der Waals surface area contributed by atoms with Gasteiger partial charge in [0.25, 0.3) is 0 Å². The first-order chi connectivity index (χ1) is 9.19. The molecule has 1 fully saturated rings. The Bertz CT molecular complexity index is 389. The van der Waals surface area contributed by atoms with E-state index in [0.29, 0.717) is 6.04 Å². The molecule has 19 heavy (non-hydrogen) atoms. The first-order valence-electron chi connectivity index (χ1n) is 7.69. The molecular weight excluding hydrogens is 232 g/mol. The van der Waals surface area contributed by atoms with Crippen molar-refractivity contribution in [3.05, 3.63) is 35.4 Å². The summed E-state index contributed by atoms with van der Waals surface area (Å²) in [7, 11) is 0. The van der Waals surface area contributed by atoms with Crippen LogP contribution in [-0.2, 0) is 6.54 Å². The minimum Gasteiger partial charge on any atom is -0.313 e. The maximum Gasteiger partial charge on any atom is 0.0237 e. The van der Waals surface area contributed by atoms with E-state index in [1.54, 1.807) is 0 Å². The van der Waals surface area contributed by atoms with Crippen LogP contribution in [0.5, 0.6) is 0 Å². The van der Waals surface area contributed by atoms with Gasteiger partial charge in [0.1, 0.15) is 0 Å². The number of aryl methyl sites for hydroxylation is 1. The second kappa shape index (κ2) is 7.06. The molecule has 0 aromatic heterocycles. The number of hydrogen-bond acceptors (Lipinski definition) is 2. The van der Waals surface area contributed by atoms with Crippen LogP contribution in [-0.4, -0.2) is 30.6 Å². The van der Waals surface area contributed by atoms with Crippen LogP contribution in [0, 0.1) is 12.8 Å². The average molecular weight is 260 g/mol. The second-order valence-corrected chi connectivity index (χ2v) is 6.11. The third-order valence-electron chi connectivity index (χ3n) is 4.07. The molecule has 2 nitrogen and oxygen atoms in total. The van der Waals surface area contributed by atoms with Crippen LogP contribution in [0.25, 0.3) is 0 Å². The molecule has 1 aliphatic rings. The molecule has 0 radical (unpaired) electrons. The molecule has 106 valence electrons. The maximum absolute atomic E-state index is 3.69. The molecule has 2 rings (SSSR count). The van der Waals surface area contributed by atoms with E-state index in [0.717, 1.165) is 19.0 Å². The summed E-state index contributed by atoms with van der Waals surface area (Å²) in [5.41, 5.74) is 2.89. The molecule has 0 aliphatic carbocycles. The highest BCUT2D eigenvalue weighted by atomic mass is 15.2. The second-order valence-electron chi connectivity index (χ2n) is 6.11. The molecule has 2 heteroatoms. The Morgan fingerprint density at radius 2 is 2.05 bits per heavy atom. The molecule has 1 heterocycles. The van der Waals surface area contributed by atoms with Gasteiger partial charge in [-0.2, -0.15) is 0 Å². The lowest BCUT2D eigenvalue weighted by molar-refractivity contribution is 0.142. The van der Waals surface area contributed by atoms with Gasteiger partial charge in [0.05, 0.1) is 0 Å². The number of likely N-dealkylation sites (tertiary alicyclic amines) is 1. The van der Waals surface area contributed by atoms with E-state index >= 15 is 0 Å². The lowest BCUT2D eigenvalue weighted by Gasteiger charge is -2.37. The third kappa shape index (κ3) is 4.32. The van der Waals surface area contributed by atoms with Gasteiger partial charge in [-0.05, 0) is 43.4 Å². The van der Waals surface area contributed by atoms with Crippen LogP contribution < -0.4 is 5.32 Å². The van der Waals surface area contributed by atoms with E-state index in [1.807, 2.05) is 0 Å². The Morgan fingerprint density at radius 3 is 2.79 bits per heavy atom. The fraction of sp³-hybridized carbons (Fsp3) is 0.647. The molecule has 1 N–H and O–H groups in total. The highest BCUT2D eigenvalue weighted by Gasteiger charge is 2.24. The molecular formula is C17H28N2. The Morgan fingerprint density at radius 1 is 1.26 bits per heavy atom. The lowest BCUT2D eigenvalue weighted by Crippen LogP contribution is -2.48. The normalized spacial score (nSPS) is 24.6.